The van der Waals surface area contributed by atoms with E-state index in [9.17, 15) is 9.90 Å². The van der Waals surface area contributed by atoms with Gasteiger partial charge in [0.1, 0.15) is 10.6 Å². The smallest absolute Gasteiger partial charge is 0.267 e. The Balaban J connectivity index is 1.68. The lowest BCUT2D eigenvalue weighted by molar-refractivity contribution is 0.103. The fourth-order valence-electron chi connectivity index (χ4n) is 2.23. The van der Waals surface area contributed by atoms with Crippen molar-refractivity contribution in [2.24, 2.45) is 0 Å². The third-order valence-electron chi connectivity index (χ3n) is 3.58. The minimum absolute atomic E-state index is 0.142. The summed E-state index contributed by atoms with van der Waals surface area (Å²) < 4.78 is 4.89. The van der Waals surface area contributed by atoms with Crippen molar-refractivity contribution in [3.05, 3.63) is 46.0 Å². The quantitative estimate of drug-likeness (QED) is 0.641. The second-order valence-corrected chi connectivity index (χ2v) is 6.50. The number of carbonyl (C=O) groups excluding carboxylic acids is 1. The molecule has 1 amide bonds. The molecule has 1 aromatic carbocycles. The number of nitrogens with zero attached hydrogens (tertiary/aromatic N) is 3. The van der Waals surface area contributed by atoms with Gasteiger partial charge in [-0.25, -0.2) is 4.98 Å². The molecule has 0 aliphatic rings. The average molecular weight is 359 g/mol. The molecule has 0 saturated heterocycles. The van der Waals surface area contributed by atoms with Gasteiger partial charge in [-0.3, -0.25) is 4.79 Å². The topological polar surface area (TPSA) is 113 Å². The number of benzene rings is 1. The zero-order valence-corrected chi connectivity index (χ0v) is 14.8. The summed E-state index contributed by atoms with van der Waals surface area (Å²) >= 11 is 1.22. The molecule has 0 bridgehead atoms. The van der Waals surface area contributed by atoms with E-state index in [-0.39, 0.29) is 11.7 Å². The van der Waals surface area contributed by atoms with Crippen molar-refractivity contribution in [2.45, 2.75) is 27.3 Å². The first-order chi connectivity index (χ1) is 11.9. The van der Waals surface area contributed by atoms with E-state index in [2.05, 4.69) is 25.8 Å². The fraction of sp³-hybridized carbons (Fsp3) is 0.250. The van der Waals surface area contributed by atoms with E-state index in [1.54, 1.807) is 26.0 Å². The van der Waals surface area contributed by atoms with Gasteiger partial charge in [-0.15, -0.1) is 0 Å². The zero-order valence-electron chi connectivity index (χ0n) is 14.0. The van der Waals surface area contributed by atoms with Crippen molar-refractivity contribution in [1.82, 2.24) is 15.1 Å². The van der Waals surface area contributed by atoms with Crippen LogP contribution in [0.25, 0.3) is 0 Å². The molecule has 0 unspecified atom stereocenters. The van der Waals surface area contributed by atoms with Gasteiger partial charge in [-0.1, -0.05) is 22.6 Å². The van der Waals surface area contributed by atoms with Gasteiger partial charge in [-0.2, -0.15) is 4.98 Å². The molecule has 2 heterocycles. The summed E-state index contributed by atoms with van der Waals surface area (Å²) in [5.41, 5.74) is 2.11. The van der Waals surface area contributed by atoms with Gasteiger partial charge in [0.15, 0.2) is 11.0 Å². The molecule has 9 heteroatoms. The minimum Gasteiger partial charge on any atom is -0.508 e. The summed E-state index contributed by atoms with van der Waals surface area (Å²) in [4.78, 5) is 21.1. The number of thiazole rings is 1. The van der Waals surface area contributed by atoms with Crippen LogP contribution in [0.3, 0.4) is 0 Å². The summed E-state index contributed by atoms with van der Waals surface area (Å²) in [6.07, 6.45) is 1.50. The first kappa shape index (κ1) is 16.9. The van der Waals surface area contributed by atoms with E-state index in [1.165, 1.54) is 17.5 Å². The predicted molar refractivity (Wildman–Crippen MR) is 94.0 cm³/mol. The number of phenols is 1. The number of anilines is 2. The van der Waals surface area contributed by atoms with E-state index >= 15 is 0 Å². The molecular weight excluding hydrogens is 342 g/mol. The molecule has 0 aliphatic carbocycles. The van der Waals surface area contributed by atoms with Crippen LogP contribution in [0.2, 0.25) is 0 Å². The molecule has 8 nitrogen and oxygen atoms in total. The molecule has 0 saturated carbocycles. The Morgan fingerprint density at radius 1 is 1.32 bits per heavy atom. The Morgan fingerprint density at radius 3 is 2.84 bits per heavy atom. The summed E-state index contributed by atoms with van der Waals surface area (Å²) in [5.74, 6) is 0.873. The van der Waals surface area contributed by atoms with Crippen molar-refractivity contribution in [2.75, 3.05) is 10.6 Å². The maximum atomic E-state index is 12.4. The van der Waals surface area contributed by atoms with E-state index in [4.69, 9.17) is 4.52 Å². The number of nitrogens with one attached hydrogen (secondary N) is 2. The van der Waals surface area contributed by atoms with E-state index in [0.29, 0.717) is 39.5 Å². The maximum Gasteiger partial charge on any atom is 0.267 e. The number of amides is 1. The molecule has 0 spiro atoms. The molecule has 3 aromatic rings. The number of phenolic OH excluding ortho intramolecular Hbond substituents is 1. The summed E-state index contributed by atoms with van der Waals surface area (Å²) in [6, 6.07) is 3.36. The summed E-state index contributed by atoms with van der Waals surface area (Å²) in [6.45, 7) is 5.70. The van der Waals surface area contributed by atoms with Crippen molar-refractivity contribution < 1.29 is 14.4 Å². The fourth-order valence-corrected chi connectivity index (χ4v) is 2.94. The molecule has 0 aliphatic heterocycles. The zero-order chi connectivity index (χ0) is 18.0. The van der Waals surface area contributed by atoms with E-state index in [0.717, 1.165) is 5.56 Å². The first-order valence-corrected chi connectivity index (χ1v) is 8.35. The number of hydrogen-bond donors (Lipinski definition) is 3. The highest BCUT2D eigenvalue weighted by Crippen LogP contribution is 2.29. The molecular formula is C16H17N5O3S. The first-order valence-electron chi connectivity index (χ1n) is 7.53. The van der Waals surface area contributed by atoms with Crippen molar-refractivity contribution in [3.8, 4) is 5.75 Å². The minimum atomic E-state index is -0.280. The molecule has 0 fully saturated rings. The second-order valence-electron chi connectivity index (χ2n) is 5.47. The highest BCUT2D eigenvalue weighted by Gasteiger charge is 2.15. The molecule has 0 atom stereocenters. The highest BCUT2D eigenvalue weighted by molar-refractivity contribution is 7.17. The van der Waals surface area contributed by atoms with Crippen LogP contribution in [0.4, 0.5) is 10.8 Å². The molecule has 0 radical (unpaired) electrons. The van der Waals surface area contributed by atoms with Gasteiger partial charge >= 0.3 is 0 Å². The van der Waals surface area contributed by atoms with Gasteiger partial charge in [-0.05, 0) is 25.5 Å². The van der Waals surface area contributed by atoms with Crippen LogP contribution in [0, 0.1) is 20.8 Å². The molecule has 3 rings (SSSR count). The van der Waals surface area contributed by atoms with Gasteiger partial charge in [0.05, 0.1) is 18.4 Å². The standard InChI is InChI=1S/C16H17N5O3S/c1-8-4-5-11(22)9(2)14(8)20-15(23)12-6-17-16(25-12)18-7-13-19-10(3)24-21-13/h4-6,22H,7H2,1-3H3,(H,17,18)(H,20,23). The number of hydrogen-bond acceptors (Lipinski definition) is 8. The largest absolute Gasteiger partial charge is 0.508 e. The third kappa shape index (κ3) is 3.77. The Morgan fingerprint density at radius 2 is 2.12 bits per heavy atom. The van der Waals surface area contributed by atoms with E-state index < -0.39 is 0 Å². The van der Waals surface area contributed by atoms with Crippen molar-refractivity contribution in [3.63, 3.8) is 0 Å². The Bertz CT molecular complexity index is 918. The molecule has 130 valence electrons. The number of carbonyl (C=O) groups is 1. The lowest BCUT2D eigenvalue weighted by atomic mass is 10.1. The Hall–Kier alpha value is -2.94. The molecule has 25 heavy (non-hydrogen) atoms. The molecule has 3 N–H and O–H groups in total. The van der Waals surface area contributed by atoms with Gasteiger partial charge < -0.3 is 20.3 Å². The van der Waals surface area contributed by atoms with Gasteiger partial charge in [0.2, 0.25) is 5.89 Å². The third-order valence-corrected chi connectivity index (χ3v) is 4.53. The normalized spacial score (nSPS) is 10.7. The van der Waals surface area contributed by atoms with Crippen LogP contribution in [-0.4, -0.2) is 26.1 Å². The van der Waals surface area contributed by atoms with Crippen LogP contribution in [0.5, 0.6) is 5.75 Å². The van der Waals surface area contributed by atoms with Crippen LogP contribution >= 0.6 is 11.3 Å². The Labute approximate surface area is 147 Å². The van der Waals surface area contributed by atoms with Crippen LogP contribution in [0.1, 0.15) is 32.5 Å². The number of aryl methyl sites for hydroxylation is 2. The molecule has 2 aromatic heterocycles. The number of rotatable bonds is 5. The lowest BCUT2D eigenvalue weighted by Crippen LogP contribution is -2.12. The van der Waals surface area contributed by atoms with Crippen LogP contribution in [0.15, 0.2) is 22.9 Å². The second kappa shape index (κ2) is 6.89. The highest BCUT2D eigenvalue weighted by atomic mass is 32.1. The lowest BCUT2D eigenvalue weighted by Gasteiger charge is -2.11. The van der Waals surface area contributed by atoms with Crippen molar-refractivity contribution in [1.29, 1.82) is 0 Å². The number of aromatic hydroxyl groups is 1. The Kier molecular flexibility index (Phi) is 4.66. The van der Waals surface area contributed by atoms with Gasteiger partial charge in [0, 0.05) is 12.5 Å². The monoisotopic (exact) mass is 359 g/mol. The van der Waals surface area contributed by atoms with Crippen molar-refractivity contribution >= 4 is 28.1 Å². The van der Waals surface area contributed by atoms with Crippen LogP contribution in [-0.2, 0) is 6.54 Å². The van der Waals surface area contributed by atoms with Gasteiger partial charge in [0.25, 0.3) is 5.91 Å². The summed E-state index contributed by atoms with van der Waals surface area (Å²) in [5, 5.41) is 20.0. The maximum absolute atomic E-state index is 12.4. The van der Waals surface area contributed by atoms with E-state index in [1.807, 2.05) is 6.92 Å². The number of aromatic nitrogens is 3. The SMILES string of the molecule is Cc1nc(CNc2ncc(C(=O)Nc3c(C)ccc(O)c3C)s2)no1. The predicted octanol–water partition coefficient (Wildman–Crippen LogP) is 3.02. The summed E-state index contributed by atoms with van der Waals surface area (Å²) in [7, 11) is 0. The average Bonchev–Trinajstić information content (AvgIpc) is 3.22. The van der Waals surface area contributed by atoms with Crippen LogP contribution < -0.4 is 10.6 Å².